The maximum atomic E-state index is 12.7. The molecule has 0 aliphatic carbocycles. The maximum absolute atomic E-state index is 12.7. The molecule has 7 heteroatoms. The first-order chi connectivity index (χ1) is 12.4. The number of carbonyl (C=O) groups excluding carboxylic acids is 2. The predicted molar refractivity (Wildman–Crippen MR) is 104 cm³/mol. The van der Waals surface area contributed by atoms with Crippen molar-refractivity contribution < 1.29 is 14.3 Å². The molecule has 1 aromatic rings. The number of hydrogen-bond acceptors (Lipinski definition) is 3. The van der Waals surface area contributed by atoms with E-state index in [0.717, 1.165) is 25.7 Å². The highest BCUT2D eigenvalue weighted by molar-refractivity contribution is 6.37. The molecule has 1 fully saturated rings. The summed E-state index contributed by atoms with van der Waals surface area (Å²) in [6.45, 7) is 5.39. The molecule has 0 radical (unpaired) electrons. The molecule has 1 saturated heterocycles. The Hall–Kier alpha value is -1.46. The van der Waals surface area contributed by atoms with E-state index in [2.05, 4.69) is 5.32 Å². The highest BCUT2D eigenvalue weighted by Crippen LogP contribution is 2.34. The summed E-state index contributed by atoms with van der Waals surface area (Å²) in [7, 11) is 1.45. The second-order valence-electron chi connectivity index (χ2n) is 6.52. The van der Waals surface area contributed by atoms with E-state index in [0.29, 0.717) is 23.1 Å². The molecule has 1 aromatic carbocycles. The normalized spacial score (nSPS) is 15.2. The largest absolute Gasteiger partial charge is 0.494 e. The Bertz CT molecular complexity index is 654. The highest BCUT2D eigenvalue weighted by Gasteiger charge is 2.28. The van der Waals surface area contributed by atoms with Crippen LogP contribution in [0.4, 0.5) is 0 Å². The van der Waals surface area contributed by atoms with Crippen LogP contribution in [0.5, 0.6) is 5.75 Å². The number of halogens is 2. The molecule has 0 bridgehead atoms. The van der Waals surface area contributed by atoms with E-state index in [1.807, 2.05) is 18.7 Å². The number of rotatable bonds is 6. The number of methoxy groups -OCH3 is 1. The number of likely N-dealkylation sites (tertiary alicyclic amines) is 1. The fraction of sp³-hybridized carbons (Fsp3) is 0.579. The number of ether oxygens (including phenoxy) is 1. The number of hydrogen-bond donors (Lipinski definition) is 1. The third-order valence-corrected chi connectivity index (χ3v) is 5.58. The molecule has 0 unspecified atom stereocenters. The summed E-state index contributed by atoms with van der Waals surface area (Å²) < 4.78 is 5.24. The van der Waals surface area contributed by atoms with Crippen molar-refractivity contribution in [3.63, 3.8) is 0 Å². The molecule has 2 amide bonds. The van der Waals surface area contributed by atoms with E-state index >= 15 is 0 Å². The zero-order chi connectivity index (χ0) is 19.3. The van der Waals surface area contributed by atoms with Gasteiger partial charge in [0, 0.05) is 25.0 Å². The van der Waals surface area contributed by atoms with Gasteiger partial charge in [0.25, 0.3) is 5.91 Å². The van der Waals surface area contributed by atoms with Crippen LogP contribution in [0.3, 0.4) is 0 Å². The molecule has 0 aromatic heterocycles. The molecular formula is C19H26Cl2N2O3. The first kappa shape index (κ1) is 20.8. The molecule has 26 heavy (non-hydrogen) atoms. The summed E-state index contributed by atoms with van der Waals surface area (Å²) in [5.74, 6) is 0.284. The monoisotopic (exact) mass is 400 g/mol. The smallest absolute Gasteiger partial charge is 0.256 e. The predicted octanol–water partition coefficient (Wildman–Crippen LogP) is 4.16. The number of nitrogens with zero attached hydrogens (tertiary/aromatic N) is 1. The number of carbonyl (C=O) groups is 2. The van der Waals surface area contributed by atoms with Gasteiger partial charge in [-0.25, -0.2) is 0 Å². The summed E-state index contributed by atoms with van der Waals surface area (Å²) in [5, 5.41) is 3.63. The lowest BCUT2D eigenvalue weighted by Gasteiger charge is -2.34. The van der Waals surface area contributed by atoms with Crippen LogP contribution in [0, 0.1) is 5.92 Å². The van der Waals surface area contributed by atoms with Gasteiger partial charge in [-0.15, -0.1) is 0 Å². The topological polar surface area (TPSA) is 58.6 Å². The molecule has 144 valence electrons. The zero-order valence-electron chi connectivity index (χ0n) is 15.5. The minimum atomic E-state index is -0.306. The van der Waals surface area contributed by atoms with E-state index in [9.17, 15) is 9.59 Å². The molecule has 1 N–H and O–H groups in total. The molecule has 0 atom stereocenters. The van der Waals surface area contributed by atoms with Gasteiger partial charge in [-0.2, -0.15) is 0 Å². The molecule has 0 saturated carbocycles. The lowest BCUT2D eigenvalue weighted by Crippen LogP contribution is -2.48. The van der Waals surface area contributed by atoms with Crippen LogP contribution in [-0.2, 0) is 4.79 Å². The number of nitrogens with one attached hydrogen (secondary N) is 1. The molecule has 0 spiro atoms. The van der Waals surface area contributed by atoms with Crippen LogP contribution in [0.25, 0.3) is 0 Å². The Morgan fingerprint density at radius 2 is 1.77 bits per heavy atom. The zero-order valence-corrected chi connectivity index (χ0v) is 17.0. The third kappa shape index (κ3) is 4.63. The third-order valence-electron chi connectivity index (χ3n) is 4.97. The van der Waals surface area contributed by atoms with Crippen molar-refractivity contribution in [1.29, 1.82) is 0 Å². The van der Waals surface area contributed by atoms with Crippen LogP contribution in [0.15, 0.2) is 12.1 Å². The van der Waals surface area contributed by atoms with Crippen LogP contribution in [0.2, 0.25) is 10.0 Å². The SMILES string of the molecule is CCC(CC)C(=O)N1CCC(NC(=O)c2c(Cl)ccc(Cl)c2OC)CC1. The van der Waals surface area contributed by atoms with Crippen molar-refractivity contribution >= 4 is 35.0 Å². The van der Waals surface area contributed by atoms with Crippen LogP contribution in [-0.4, -0.2) is 43.0 Å². The van der Waals surface area contributed by atoms with Crippen molar-refractivity contribution in [2.75, 3.05) is 20.2 Å². The summed E-state index contributed by atoms with van der Waals surface area (Å²) in [5.41, 5.74) is 0.247. The van der Waals surface area contributed by atoms with Gasteiger partial charge in [0.1, 0.15) is 5.56 Å². The first-order valence-electron chi connectivity index (χ1n) is 9.04. The summed E-state index contributed by atoms with van der Waals surface area (Å²) >= 11 is 12.3. The second kappa shape index (κ2) is 9.47. The van der Waals surface area contributed by atoms with Gasteiger partial charge < -0.3 is 15.0 Å². The number of amides is 2. The Balaban J connectivity index is 1.99. The maximum Gasteiger partial charge on any atom is 0.256 e. The van der Waals surface area contributed by atoms with Crippen molar-refractivity contribution in [2.45, 2.75) is 45.6 Å². The Kier molecular flexibility index (Phi) is 7.59. The quantitative estimate of drug-likeness (QED) is 0.779. The fourth-order valence-electron chi connectivity index (χ4n) is 3.34. The Morgan fingerprint density at radius 1 is 1.19 bits per heavy atom. The molecule has 1 aliphatic rings. The summed E-state index contributed by atoms with van der Waals surface area (Å²) in [4.78, 5) is 27.0. The molecular weight excluding hydrogens is 375 g/mol. The van der Waals surface area contributed by atoms with Crippen molar-refractivity contribution in [3.05, 3.63) is 27.7 Å². The van der Waals surface area contributed by atoms with E-state index in [4.69, 9.17) is 27.9 Å². The highest BCUT2D eigenvalue weighted by atomic mass is 35.5. The van der Waals surface area contributed by atoms with Crippen LogP contribution < -0.4 is 10.1 Å². The summed E-state index contributed by atoms with van der Waals surface area (Å²) in [6, 6.07) is 3.17. The van der Waals surface area contributed by atoms with Crippen molar-refractivity contribution in [1.82, 2.24) is 10.2 Å². The Labute approximate surface area is 165 Å². The van der Waals surface area contributed by atoms with Crippen molar-refractivity contribution in [3.8, 4) is 5.75 Å². The summed E-state index contributed by atoms with van der Waals surface area (Å²) in [6.07, 6.45) is 3.16. The lowest BCUT2D eigenvalue weighted by molar-refractivity contribution is -0.136. The number of piperidine rings is 1. The van der Waals surface area contributed by atoms with Gasteiger partial charge in [0.05, 0.1) is 17.2 Å². The van der Waals surface area contributed by atoms with Gasteiger partial charge in [-0.1, -0.05) is 37.0 Å². The van der Waals surface area contributed by atoms with Gasteiger partial charge >= 0.3 is 0 Å². The van der Waals surface area contributed by atoms with Crippen LogP contribution in [0.1, 0.15) is 49.9 Å². The van der Waals surface area contributed by atoms with Crippen molar-refractivity contribution in [2.24, 2.45) is 5.92 Å². The van der Waals surface area contributed by atoms with E-state index in [-0.39, 0.29) is 35.1 Å². The molecule has 5 nitrogen and oxygen atoms in total. The van der Waals surface area contributed by atoms with Gasteiger partial charge in [-0.3, -0.25) is 9.59 Å². The molecule has 1 heterocycles. The van der Waals surface area contributed by atoms with E-state index in [1.165, 1.54) is 7.11 Å². The molecule has 1 aliphatic heterocycles. The standard InChI is InChI=1S/C19H26Cl2N2O3/c1-4-12(5-2)19(25)23-10-8-13(9-11-23)22-18(24)16-14(20)6-7-15(21)17(16)26-3/h6-7,12-13H,4-5,8-11H2,1-3H3,(H,22,24). The minimum Gasteiger partial charge on any atom is -0.494 e. The molecule has 2 rings (SSSR count). The fourth-order valence-corrected chi connectivity index (χ4v) is 3.81. The number of benzene rings is 1. The average Bonchev–Trinajstić information content (AvgIpc) is 2.64. The van der Waals surface area contributed by atoms with Gasteiger partial charge in [-0.05, 0) is 37.8 Å². The van der Waals surface area contributed by atoms with Gasteiger partial charge in [0.2, 0.25) is 5.91 Å². The van der Waals surface area contributed by atoms with E-state index < -0.39 is 0 Å². The lowest BCUT2D eigenvalue weighted by atomic mass is 9.98. The second-order valence-corrected chi connectivity index (χ2v) is 7.34. The minimum absolute atomic E-state index is 0.00647. The van der Waals surface area contributed by atoms with Crippen LogP contribution >= 0.6 is 23.2 Å². The first-order valence-corrected chi connectivity index (χ1v) is 9.80. The average molecular weight is 401 g/mol. The van der Waals surface area contributed by atoms with Gasteiger partial charge in [0.15, 0.2) is 5.75 Å². The Morgan fingerprint density at radius 3 is 2.31 bits per heavy atom. The van der Waals surface area contributed by atoms with E-state index in [1.54, 1.807) is 12.1 Å².